The molecule has 5 nitrogen and oxygen atoms in total. The normalized spacial score (nSPS) is 19.6. The van der Waals surface area contributed by atoms with E-state index in [4.69, 9.17) is 0 Å². The number of aromatic nitrogens is 2. The van der Waals surface area contributed by atoms with Crippen molar-refractivity contribution < 1.29 is 0 Å². The van der Waals surface area contributed by atoms with Crippen LogP contribution in [0.25, 0.3) is 21.2 Å². The predicted molar refractivity (Wildman–Crippen MR) is 130 cm³/mol. The summed E-state index contributed by atoms with van der Waals surface area (Å²) < 4.78 is 0. The molecule has 0 unspecified atom stereocenters. The van der Waals surface area contributed by atoms with Crippen LogP contribution >= 0.6 is 11.3 Å². The van der Waals surface area contributed by atoms with Gasteiger partial charge in [0.15, 0.2) is 0 Å². The Balaban J connectivity index is 1.21. The number of hydrogen-bond acceptors (Lipinski definition) is 6. The summed E-state index contributed by atoms with van der Waals surface area (Å²) >= 11 is 1.67. The predicted octanol–water partition coefficient (Wildman–Crippen LogP) is 5.09. The first-order valence-corrected chi connectivity index (χ1v) is 12.2. The van der Waals surface area contributed by atoms with Crippen LogP contribution in [0.5, 0.6) is 0 Å². The first-order chi connectivity index (χ1) is 15.2. The van der Waals surface area contributed by atoms with E-state index in [0.29, 0.717) is 5.92 Å². The highest BCUT2D eigenvalue weighted by Gasteiger charge is 2.28. The van der Waals surface area contributed by atoms with Crippen molar-refractivity contribution in [3.63, 3.8) is 0 Å². The number of piperidine rings is 2. The van der Waals surface area contributed by atoms with Gasteiger partial charge in [0.2, 0.25) is 0 Å². The quantitative estimate of drug-likeness (QED) is 0.607. The molecule has 4 heterocycles. The molecule has 2 aliphatic rings. The van der Waals surface area contributed by atoms with E-state index in [2.05, 4.69) is 63.0 Å². The van der Waals surface area contributed by atoms with Gasteiger partial charge in [0.25, 0.3) is 0 Å². The van der Waals surface area contributed by atoms with Crippen molar-refractivity contribution in [2.24, 2.45) is 5.92 Å². The molecule has 0 saturated carbocycles. The fraction of sp³-hybridized carbons (Fsp3) is 0.440. The number of anilines is 1. The van der Waals surface area contributed by atoms with Crippen molar-refractivity contribution in [1.29, 1.82) is 0 Å². The summed E-state index contributed by atoms with van der Waals surface area (Å²) in [5.41, 5.74) is 4.18. The second-order valence-electron chi connectivity index (χ2n) is 8.99. The standard InChI is InChI=1S/C25H31N5S/c1-18(19-5-11-30(12-6-19)23-7-9-29(2)10-8-23)28-25-14-22-13-20(24-16-26-17-31-24)3-4-21(22)15-27-25/h3-4,13-17,19,23H,1,5-12H2,2H3,(H,27,28). The number of fused-ring (bicyclic) bond motifs is 1. The molecule has 2 aliphatic heterocycles. The second-order valence-corrected chi connectivity index (χ2v) is 9.88. The lowest BCUT2D eigenvalue weighted by atomic mass is 9.91. The average molecular weight is 434 g/mol. The van der Waals surface area contributed by atoms with E-state index >= 15 is 0 Å². The van der Waals surface area contributed by atoms with Crippen molar-refractivity contribution in [2.75, 3.05) is 38.5 Å². The molecule has 0 aliphatic carbocycles. The number of hydrogen-bond donors (Lipinski definition) is 1. The molecule has 162 valence electrons. The number of pyridine rings is 1. The van der Waals surface area contributed by atoms with Gasteiger partial charge in [-0.05, 0) is 82.0 Å². The van der Waals surface area contributed by atoms with Crippen LogP contribution < -0.4 is 5.32 Å². The molecule has 1 aromatic carbocycles. The second kappa shape index (κ2) is 9.07. The van der Waals surface area contributed by atoms with Crippen LogP contribution in [-0.4, -0.2) is 59.0 Å². The number of nitrogens with zero attached hydrogens (tertiary/aromatic N) is 4. The van der Waals surface area contributed by atoms with E-state index in [1.807, 2.05) is 17.9 Å². The van der Waals surface area contributed by atoms with Gasteiger partial charge in [-0.25, -0.2) is 4.98 Å². The number of likely N-dealkylation sites (tertiary alicyclic amines) is 2. The number of allylic oxidation sites excluding steroid dienone is 1. The molecule has 3 aromatic rings. The van der Waals surface area contributed by atoms with Crippen LogP contribution in [0.3, 0.4) is 0 Å². The molecule has 0 bridgehead atoms. The van der Waals surface area contributed by atoms with Crippen LogP contribution in [0.4, 0.5) is 5.82 Å². The molecule has 31 heavy (non-hydrogen) atoms. The fourth-order valence-corrected chi connectivity index (χ4v) is 5.58. The molecule has 2 fully saturated rings. The molecule has 6 heteroatoms. The summed E-state index contributed by atoms with van der Waals surface area (Å²) in [6.45, 7) is 9.21. The summed E-state index contributed by atoms with van der Waals surface area (Å²) in [5.74, 6) is 1.40. The maximum Gasteiger partial charge on any atom is 0.130 e. The molecule has 0 radical (unpaired) electrons. The Bertz CT molecular complexity index is 1030. The molecule has 5 rings (SSSR count). The molecule has 0 spiro atoms. The van der Waals surface area contributed by atoms with Crippen molar-refractivity contribution in [3.8, 4) is 10.4 Å². The lowest BCUT2D eigenvalue weighted by Gasteiger charge is -2.41. The smallest absolute Gasteiger partial charge is 0.130 e. The molecule has 1 N–H and O–H groups in total. The summed E-state index contributed by atoms with van der Waals surface area (Å²) in [6, 6.07) is 9.40. The van der Waals surface area contributed by atoms with E-state index < -0.39 is 0 Å². The summed E-state index contributed by atoms with van der Waals surface area (Å²) in [4.78, 5) is 15.2. The van der Waals surface area contributed by atoms with E-state index in [9.17, 15) is 0 Å². The highest BCUT2D eigenvalue weighted by molar-refractivity contribution is 7.13. The average Bonchev–Trinajstić information content (AvgIpc) is 3.34. The lowest BCUT2D eigenvalue weighted by molar-refractivity contribution is 0.0914. The summed E-state index contributed by atoms with van der Waals surface area (Å²) in [6.07, 6.45) is 8.86. The third-order valence-corrected chi connectivity index (χ3v) is 7.78. The Kier molecular flexibility index (Phi) is 6.03. The van der Waals surface area contributed by atoms with Gasteiger partial charge in [0.05, 0.1) is 10.4 Å². The summed E-state index contributed by atoms with van der Waals surface area (Å²) in [5, 5.41) is 5.85. The van der Waals surface area contributed by atoms with Crippen LogP contribution in [0.1, 0.15) is 25.7 Å². The molecule has 2 aromatic heterocycles. The zero-order valence-electron chi connectivity index (χ0n) is 18.3. The molecule has 2 saturated heterocycles. The fourth-order valence-electron chi connectivity index (χ4n) is 4.96. The highest BCUT2D eigenvalue weighted by atomic mass is 32.1. The van der Waals surface area contributed by atoms with Crippen LogP contribution in [-0.2, 0) is 0 Å². The van der Waals surface area contributed by atoms with Crippen LogP contribution in [0, 0.1) is 5.92 Å². The van der Waals surface area contributed by atoms with Crippen molar-refractivity contribution >= 4 is 27.9 Å². The van der Waals surface area contributed by atoms with E-state index in [0.717, 1.165) is 22.9 Å². The maximum absolute atomic E-state index is 4.63. The summed E-state index contributed by atoms with van der Waals surface area (Å²) in [7, 11) is 2.24. The Hall–Kier alpha value is -2.28. The molecule has 0 amide bonds. The Morgan fingerprint density at radius 1 is 1.03 bits per heavy atom. The van der Waals surface area contributed by atoms with Gasteiger partial charge >= 0.3 is 0 Å². The van der Waals surface area contributed by atoms with Gasteiger partial charge in [-0.15, -0.1) is 11.3 Å². The maximum atomic E-state index is 4.63. The van der Waals surface area contributed by atoms with Gasteiger partial charge in [-0.1, -0.05) is 18.7 Å². The third kappa shape index (κ3) is 4.66. The minimum atomic E-state index is 0.517. The molecule has 0 atom stereocenters. The number of rotatable bonds is 5. The Labute approximate surface area is 188 Å². The van der Waals surface area contributed by atoms with Gasteiger partial charge < -0.3 is 15.1 Å². The molecular weight excluding hydrogens is 402 g/mol. The van der Waals surface area contributed by atoms with E-state index in [1.165, 1.54) is 67.7 Å². The Morgan fingerprint density at radius 3 is 2.58 bits per heavy atom. The monoisotopic (exact) mass is 433 g/mol. The topological polar surface area (TPSA) is 44.3 Å². The minimum Gasteiger partial charge on any atom is -0.344 e. The number of thiazole rings is 1. The first kappa shape index (κ1) is 20.6. The van der Waals surface area contributed by atoms with Crippen LogP contribution in [0.15, 0.2) is 54.4 Å². The van der Waals surface area contributed by atoms with Gasteiger partial charge in [0, 0.05) is 35.4 Å². The zero-order chi connectivity index (χ0) is 21.2. The van der Waals surface area contributed by atoms with Gasteiger partial charge in [-0.3, -0.25) is 4.98 Å². The van der Waals surface area contributed by atoms with Crippen molar-refractivity contribution in [1.82, 2.24) is 19.8 Å². The van der Waals surface area contributed by atoms with E-state index in [-0.39, 0.29) is 0 Å². The largest absolute Gasteiger partial charge is 0.344 e. The van der Waals surface area contributed by atoms with Gasteiger partial charge in [-0.2, -0.15) is 0 Å². The lowest BCUT2D eigenvalue weighted by Crippen LogP contribution is -2.47. The SMILES string of the molecule is C=C(Nc1cc2cc(-c3cncs3)ccc2cn1)C1CCN(C2CCN(C)CC2)CC1. The number of benzene rings is 1. The number of nitrogens with one attached hydrogen (secondary N) is 1. The van der Waals surface area contributed by atoms with Crippen molar-refractivity contribution in [2.45, 2.75) is 31.7 Å². The first-order valence-electron chi connectivity index (χ1n) is 11.3. The minimum absolute atomic E-state index is 0.517. The van der Waals surface area contributed by atoms with Gasteiger partial charge in [0.1, 0.15) is 5.82 Å². The highest BCUT2D eigenvalue weighted by Crippen LogP contribution is 2.30. The van der Waals surface area contributed by atoms with Crippen molar-refractivity contribution in [3.05, 3.63) is 54.4 Å². The van der Waals surface area contributed by atoms with Crippen LogP contribution in [0.2, 0.25) is 0 Å². The Morgan fingerprint density at radius 2 is 1.84 bits per heavy atom. The third-order valence-electron chi connectivity index (χ3n) is 6.95. The molecular formula is C25H31N5S. The zero-order valence-corrected chi connectivity index (χ0v) is 19.1. The van der Waals surface area contributed by atoms with E-state index in [1.54, 1.807) is 11.3 Å².